The van der Waals surface area contributed by atoms with Crippen LogP contribution in [0, 0.1) is 5.92 Å². The summed E-state index contributed by atoms with van der Waals surface area (Å²) in [7, 11) is 0. The molecule has 0 bridgehead atoms. The van der Waals surface area contributed by atoms with E-state index in [0.717, 1.165) is 25.0 Å². The predicted octanol–water partition coefficient (Wildman–Crippen LogP) is 8.99. The van der Waals surface area contributed by atoms with Gasteiger partial charge in [0.05, 0.1) is 11.0 Å². The Labute approximate surface area is 220 Å². The third-order valence-electron chi connectivity index (χ3n) is 8.00. The average Bonchev–Trinajstić information content (AvgIpc) is 3.22. The lowest BCUT2D eigenvalue weighted by Crippen LogP contribution is -2.15. The number of para-hydroxylation sites is 1. The first-order chi connectivity index (χ1) is 17.8. The molecule has 37 heavy (non-hydrogen) atoms. The van der Waals surface area contributed by atoms with Gasteiger partial charge in [-0.05, 0) is 94.8 Å². The van der Waals surface area contributed by atoms with Crippen LogP contribution < -0.4 is 5.73 Å². The highest BCUT2D eigenvalue weighted by molar-refractivity contribution is 6.10. The maximum Gasteiger partial charge on any atom is 0.0541 e. The Bertz CT molecular complexity index is 1630. The molecular formula is C35H36N2. The zero-order chi connectivity index (χ0) is 25.7. The topological polar surface area (TPSA) is 30.9 Å². The quantitative estimate of drug-likeness (QED) is 0.309. The fraction of sp³-hybridized carbons (Fsp3) is 0.257. The minimum absolute atomic E-state index is 0.138. The molecule has 2 nitrogen and oxygen atoms in total. The molecule has 0 saturated carbocycles. The van der Waals surface area contributed by atoms with Crippen molar-refractivity contribution in [1.82, 2.24) is 4.57 Å². The number of hydrogen-bond donors (Lipinski definition) is 1. The van der Waals surface area contributed by atoms with Gasteiger partial charge in [-0.25, -0.2) is 0 Å². The van der Waals surface area contributed by atoms with Crippen molar-refractivity contribution in [1.29, 1.82) is 0 Å². The summed E-state index contributed by atoms with van der Waals surface area (Å²) < 4.78 is 2.40. The molecule has 0 spiro atoms. The van der Waals surface area contributed by atoms with Crippen LogP contribution in [0.15, 0.2) is 108 Å². The van der Waals surface area contributed by atoms with Gasteiger partial charge in [-0.15, -0.1) is 0 Å². The third kappa shape index (κ3) is 4.15. The van der Waals surface area contributed by atoms with E-state index in [1.54, 1.807) is 0 Å². The van der Waals surface area contributed by atoms with Crippen LogP contribution in [0.4, 0.5) is 0 Å². The van der Waals surface area contributed by atoms with E-state index in [-0.39, 0.29) is 5.41 Å². The van der Waals surface area contributed by atoms with Crippen molar-refractivity contribution >= 4 is 27.4 Å². The minimum atomic E-state index is 0.138. The van der Waals surface area contributed by atoms with Gasteiger partial charge in [0.15, 0.2) is 0 Å². The molecule has 1 aromatic heterocycles. The lowest BCUT2D eigenvalue weighted by Gasteiger charge is -2.26. The molecule has 0 amide bonds. The number of allylic oxidation sites excluding steroid dienone is 7. The highest BCUT2D eigenvalue weighted by Gasteiger charge is 2.23. The first-order valence-corrected chi connectivity index (χ1v) is 13.5. The van der Waals surface area contributed by atoms with Gasteiger partial charge in [0, 0.05) is 22.2 Å². The molecule has 4 aromatic rings. The Hall–Kier alpha value is -3.78. The van der Waals surface area contributed by atoms with Crippen molar-refractivity contribution < 1.29 is 0 Å². The molecule has 1 heterocycles. The monoisotopic (exact) mass is 484 g/mol. The van der Waals surface area contributed by atoms with Gasteiger partial charge in [0.2, 0.25) is 0 Å². The first kappa shape index (κ1) is 23.6. The van der Waals surface area contributed by atoms with Gasteiger partial charge in [-0.2, -0.15) is 0 Å². The largest absolute Gasteiger partial charge is 0.398 e. The maximum atomic E-state index is 6.68. The van der Waals surface area contributed by atoms with Crippen molar-refractivity contribution in [3.8, 4) is 5.69 Å². The fourth-order valence-corrected chi connectivity index (χ4v) is 6.07. The first-order valence-electron chi connectivity index (χ1n) is 13.5. The lowest BCUT2D eigenvalue weighted by molar-refractivity contribution is 0.590. The van der Waals surface area contributed by atoms with Crippen molar-refractivity contribution in [3.05, 3.63) is 119 Å². The second-order valence-corrected chi connectivity index (χ2v) is 11.7. The van der Waals surface area contributed by atoms with Crippen molar-refractivity contribution in [2.45, 2.75) is 52.4 Å². The zero-order valence-electron chi connectivity index (χ0n) is 22.4. The molecule has 6 rings (SSSR count). The van der Waals surface area contributed by atoms with E-state index in [1.165, 1.54) is 55.3 Å². The van der Waals surface area contributed by atoms with Gasteiger partial charge in [-0.1, -0.05) is 82.3 Å². The molecule has 2 N–H and O–H groups in total. The van der Waals surface area contributed by atoms with E-state index in [9.17, 15) is 0 Å². The molecule has 1 unspecified atom stereocenters. The van der Waals surface area contributed by atoms with E-state index < -0.39 is 0 Å². The van der Waals surface area contributed by atoms with Crippen LogP contribution in [0.3, 0.4) is 0 Å². The van der Waals surface area contributed by atoms with E-state index in [2.05, 4.69) is 123 Å². The smallest absolute Gasteiger partial charge is 0.0541 e. The van der Waals surface area contributed by atoms with Gasteiger partial charge in [0.1, 0.15) is 0 Å². The summed E-state index contributed by atoms with van der Waals surface area (Å²) in [5.41, 5.74) is 17.9. The summed E-state index contributed by atoms with van der Waals surface area (Å²) in [5.74, 6) is 0.396. The molecule has 3 aromatic carbocycles. The number of fused-ring (bicyclic) bond motifs is 3. The van der Waals surface area contributed by atoms with Crippen LogP contribution in [-0.4, -0.2) is 4.57 Å². The number of nitrogens with two attached hydrogens (primary N) is 1. The highest BCUT2D eigenvalue weighted by Crippen LogP contribution is 2.40. The lowest BCUT2D eigenvalue weighted by atomic mass is 9.79. The third-order valence-corrected chi connectivity index (χ3v) is 8.00. The van der Waals surface area contributed by atoms with Gasteiger partial charge in [-0.3, -0.25) is 0 Å². The van der Waals surface area contributed by atoms with Gasteiger partial charge in [0.25, 0.3) is 0 Å². The molecule has 0 radical (unpaired) electrons. The molecular weight excluding hydrogens is 448 g/mol. The Balaban J connectivity index is 1.47. The van der Waals surface area contributed by atoms with Crippen molar-refractivity contribution in [2.75, 3.05) is 0 Å². The van der Waals surface area contributed by atoms with E-state index in [0.29, 0.717) is 5.92 Å². The van der Waals surface area contributed by atoms with Crippen LogP contribution in [-0.2, 0) is 5.41 Å². The zero-order valence-corrected chi connectivity index (χ0v) is 22.4. The Kier molecular flexibility index (Phi) is 5.71. The second kappa shape index (κ2) is 8.95. The molecule has 0 fully saturated rings. The van der Waals surface area contributed by atoms with Crippen molar-refractivity contribution in [3.63, 3.8) is 0 Å². The van der Waals surface area contributed by atoms with Gasteiger partial charge >= 0.3 is 0 Å². The van der Waals surface area contributed by atoms with E-state index >= 15 is 0 Å². The molecule has 2 aliphatic carbocycles. The Morgan fingerprint density at radius 3 is 2.32 bits per heavy atom. The highest BCUT2D eigenvalue weighted by atomic mass is 15.0. The number of aromatic nitrogens is 1. The summed E-state index contributed by atoms with van der Waals surface area (Å²) in [5, 5.41) is 2.57. The van der Waals surface area contributed by atoms with E-state index in [4.69, 9.17) is 5.73 Å². The van der Waals surface area contributed by atoms with Crippen LogP contribution >= 0.6 is 0 Å². The summed E-state index contributed by atoms with van der Waals surface area (Å²) >= 11 is 0. The fourth-order valence-electron chi connectivity index (χ4n) is 6.07. The standard InChI is InChI=1S/C35H36N2/c1-23-20-26(22-31(36)34(23)24-10-6-5-7-11-24)25-14-19-33-30(21-25)29-12-8-9-13-32(29)37(33)28-17-15-27(16-18-28)35(2,3)4/h6,8-19,21-23H,5,7,20,36H2,1-4H3. The molecule has 0 saturated heterocycles. The second-order valence-electron chi connectivity index (χ2n) is 11.7. The van der Waals surface area contributed by atoms with Crippen LogP contribution in [0.5, 0.6) is 0 Å². The predicted molar refractivity (Wildman–Crippen MR) is 159 cm³/mol. The number of benzene rings is 3. The summed E-state index contributed by atoms with van der Waals surface area (Å²) in [4.78, 5) is 0. The van der Waals surface area contributed by atoms with Crippen LogP contribution in [0.2, 0.25) is 0 Å². The normalized spacial score (nSPS) is 18.4. The number of rotatable bonds is 3. The number of nitrogens with zero attached hydrogens (tertiary/aromatic N) is 1. The Morgan fingerprint density at radius 1 is 0.865 bits per heavy atom. The number of hydrogen-bond acceptors (Lipinski definition) is 1. The van der Waals surface area contributed by atoms with Crippen molar-refractivity contribution in [2.24, 2.45) is 11.7 Å². The average molecular weight is 485 g/mol. The van der Waals surface area contributed by atoms with E-state index in [1.807, 2.05) is 0 Å². The molecule has 1 atom stereocenters. The van der Waals surface area contributed by atoms with Crippen LogP contribution in [0.25, 0.3) is 33.1 Å². The summed E-state index contributed by atoms with van der Waals surface area (Å²) in [6, 6.07) is 24.7. The summed E-state index contributed by atoms with van der Waals surface area (Å²) in [6.45, 7) is 9.10. The molecule has 2 heteroatoms. The van der Waals surface area contributed by atoms with Crippen LogP contribution in [0.1, 0.15) is 58.1 Å². The summed E-state index contributed by atoms with van der Waals surface area (Å²) in [6.07, 6.45) is 12.3. The maximum absolute atomic E-state index is 6.68. The molecule has 2 aliphatic rings. The molecule has 0 aliphatic heterocycles. The Morgan fingerprint density at radius 2 is 1.62 bits per heavy atom. The SMILES string of the molecule is CC1CC(c2ccc3c(c2)c2ccccc2n3-c2ccc(C(C)(C)C)cc2)=CC(N)=C1C1=CCCC=C1. The molecule has 186 valence electrons. The van der Waals surface area contributed by atoms with Gasteiger partial charge < -0.3 is 10.3 Å². The minimum Gasteiger partial charge on any atom is -0.398 e.